The Balaban J connectivity index is 2.08. The molecule has 0 saturated heterocycles. The highest BCUT2D eigenvalue weighted by atomic mass is 16.5. The van der Waals surface area contributed by atoms with E-state index < -0.39 is 6.10 Å². The summed E-state index contributed by atoms with van der Waals surface area (Å²) in [5, 5.41) is 14.3. The molecule has 5 heteroatoms. The second kappa shape index (κ2) is 9.74. The van der Waals surface area contributed by atoms with Crippen molar-refractivity contribution in [2.75, 3.05) is 13.2 Å². The maximum Gasteiger partial charge on any atom is 0.149 e. The minimum atomic E-state index is -0.556. The fourth-order valence-electron chi connectivity index (χ4n) is 2.55. The zero-order chi connectivity index (χ0) is 19.1. The Hall–Kier alpha value is -1.85. The molecule has 5 nitrogen and oxygen atoms in total. The fourth-order valence-corrected chi connectivity index (χ4v) is 2.55. The van der Waals surface area contributed by atoms with Gasteiger partial charge in [-0.15, -0.1) is 0 Å². The van der Waals surface area contributed by atoms with Crippen LogP contribution in [-0.4, -0.2) is 42.2 Å². The summed E-state index contributed by atoms with van der Waals surface area (Å²) in [5.74, 6) is 1.48. The molecule has 0 radical (unpaired) electrons. The molecule has 0 aliphatic carbocycles. The summed E-state index contributed by atoms with van der Waals surface area (Å²) >= 11 is 0. The number of fused-ring (bicyclic) bond motifs is 1. The number of nitrogens with zero attached hydrogens (tertiary/aromatic N) is 1. The number of nitrogens with one attached hydrogen (secondary N) is 1. The number of aliphatic imine (C=N–C) groups is 1. The van der Waals surface area contributed by atoms with Gasteiger partial charge in [0.2, 0.25) is 0 Å². The van der Waals surface area contributed by atoms with E-state index in [4.69, 9.17) is 9.15 Å². The molecule has 0 spiro atoms. The lowest BCUT2D eigenvalue weighted by molar-refractivity contribution is 0.105. The second-order valence-corrected chi connectivity index (χ2v) is 6.93. The van der Waals surface area contributed by atoms with Crippen molar-refractivity contribution in [3.05, 3.63) is 30.0 Å². The molecule has 1 heterocycles. The van der Waals surface area contributed by atoms with Gasteiger partial charge in [-0.3, -0.25) is 4.99 Å². The Morgan fingerprint density at radius 2 is 2.04 bits per heavy atom. The number of aliphatic hydroxyl groups is 1. The molecule has 0 fully saturated rings. The first-order chi connectivity index (χ1) is 12.4. The molecule has 0 aliphatic heterocycles. The van der Waals surface area contributed by atoms with Crippen molar-refractivity contribution in [3.63, 3.8) is 0 Å². The molecule has 26 heavy (non-hydrogen) atoms. The standard InChI is InChI=1S/C21H32N2O3/c1-6-14(3)22-12-17(24)13-25-19-9-8-10-20-18(19)11-21(26-20)16(5)23-15(4)7-2/h8-11,14-15,17,22,24H,6-7,12-13H2,1-5H3. The molecule has 3 unspecified atom stereocenters. The first-order valence-electron chi connectivity index (χ1n) is 9.56. The first-order valence-corrected chi connectivity index (χ1v) is 9.56. The van der Waals surface area contributed by atoms with E-state index in [0.29, 0.717) is 12.6 Å². The van der Waals surface area contributed by atoms with Crippen molar-refractivity contribution in [1.29, 1.82) is 0 Å². The molecule has 0 saturated carbocycles. The zero-order valence-corrected chi connectivity index (χ0v) is 16.6. The van der Waals surface area contributed by atoms with E-state index in [-0.39, 0.29) is 12.6 Å². The predicted octanol–water partition coefficient (Wildman–Crippen LogP) is 4.17. The van der Waals surface area contributed by atoms with Crippen LogP contribution in [0.2, 0.25) is 0 Å². The Bertz CT molecular complexity index is 723. The molecule has 3 atom stereocenters. The lowest BCUT2D eigenvalue weighted by Gasteiger charge is -2.16. The summed E-state index contributed by atoms with van der Waals surface area (Å²) in [4.78, 5) is 4.65. The largest absolute Gasteiger partial charge is 0.490 e. The highest BCUT2D eigenvalue weighted by Crippen LogP contribution is 2.29. The van der Waals surface area contributed by atoms with Gasteiger partial charge in [0.05, 0.1) is 11.1 Å². The summed E-state index contributed by atoms with van der Waals surface area (Å²) in [7, 11) is 0. The summed E-state index contributed by atoms with van der Waals surface area (Å²) in [6.07, 6.45) is 1.47. The normalized spacial score (nSPS) is 15.8. The van der Waals surface area contributed by atoms with Crippen LogP contribution in [0, 0.1) is 0 Å². The fraction of sp³-hybridized carbons (Fsp3) is 0.571. The van der Waals surface area contributed by atoms with Gasteiger partial charge in [0.15, 0.2) is 0 Å². The third kappa shape index (κ3) is 5.58. The van der Waals surface area contributed by atoms with Crippen LogP contribution in [-0.2, 0) is 0 Å². The average molecular weight is 360 g/mol. The Morgan fingerprint density at radius 1 is 1.27 bits per heavy atom. The molecule has 0 aliphatic rings. The van der Waals surface area contributed by atoms with Gasteiger partial charge in [0.1, 0.15) is 29.8 Å². The van der Waals surface area contributed by atoms with Crippen LogP contribution in [0.3, 0.4) is 0 Å². The Labute approximate surface area is 156 Å². The van der Waals surface area contributed by atoms with Crippen LogP contribution in [0.15, 0.2) is 33.7 Å². The molecule has 2 rings (SSSR count). The molecule has 0 bridgehead atoms. The van der Waals surface area contributed by atoms with E-state index in [9.17, 15) is 5.11 Å². The maximum atomic E-state index is 10.1. The van der Waals surface area contributed by atoms with E-state index in [2.05, 4.69) is 38.0 Å². The number of furan rings is 1. The van der Waals surface area contributed by atoms with Gasteiger partial charge in [-0.2, -0.15) is 0 Å². The quantitative estimate of drug-likeness (QED) is 0.624. The van der Waals surface area contributed by atoms with E-state index in [0.717, 1.165) is 41.0 Å². The number of rotatable bonds is 10. The van der Waals surface area contributed by atoms with Gasteiger partial charge in [-0.05, 0) is 51.8 Å². The highest BCUT2D eigenvalue weighted by Gasteiger charge is 2.13. The number of aliphatic hydroxyl groups excluding tert-OH is 1. The highest BCUT2D eigenvalue weighted by molar-refractivity contribution is 6.00. The average Bonchev–Trinajstić information content (AvgIpc) is 3.09. The van der Waals surface area contributed by atoms with E-state index in [1.54, 1.807) is 0 Å². The summed E-state index contributed by atoms with van der Waals surface area (Å²) in [6, 6.07) is 8.34. The van der Waals surface area contributed by atoms with Gasteiger partial charge in [-0.1, -0.05) is 19.9 Å². The number of hydrogen-bond acceptors (Lipinski definition) is 5. The van der Waals surface area contributed by atoms with Gasteiger partial charge >= 0.3 is 0 Å². The van der Waals surface area contributed by atoms with Gasteiger partial charge in [0.25, 0.3) is 0 Å². The molecule has 2 aromatic rings. The third-order valence-electron chi connectivity index (χ3n) is 4.63. The molecule has 1 aromatic carbocycles. The monoisotopic (exact) mass is 360 g/mol. The minimum Gasteiger partial charge on any atom is -0.490 e. The maximum absolute atomic E-state index is 10.1. The summed E-state index contributed by atoms with van der Waals surface area (Å²) < 4.78 is 11.8. The molecular formula is C21H32N2O3. The topological polar surface area (TPSA) is 67.0 Å². The predicted molar refractivity (Wildman–Crippen MR) is 107 cm³/mol. The zero-order valence-electron chi connectivity index (χ0n) is 16.6. The Kier molecular flexibility index (Phi) is 7.66. The van der Waals surface area contributed by atoms with Crippen molar-refractivity contribution in [1.82, 2.24) is 5.32 Å². The van der Waals surface area contributed by atoms with Crippen LogP contribution in [0.4, 0.5) is 0 Å². The SMILES string of the molecule is CCC(C)N=C(C)c1cc2c(OCC(O)CNC(C)CC)cccc2o1. The van der Waals surface area contributed by atoms with Crippen molar-refractivity contribution in [3.8, 4) is 5.75 Å². The van der Waals surface area contributed by atoms with Crippen LogP contribution in [0.25, 0.3) is 11.0 Å². The van der Waals surface area contributed by atoms with Crippen LogP contribution in [0.1, 0.15) is 53.2 Å². The lowest BCUT2D eigenvalue weighted by atomic mass is 10.2. The van der Waals surface area contributed by atoms with Gasteiger partial charge in [-0.25, -0.2) is 0 Å². The Morgan fingerprint density at radius 3 is 2.73 bits per heavy atom. The number of hydrogen-bond donors (Lipinski definition) is 2. The molecule has 0 amide bonds. The number of benzene rings is 1. The smallest absolute Gasteiger partial charge is 0.149 e. The third-order valence-corrected chi connectivity index (χ3v) is 4.63. The van der Waals surface area contributed by atoms with Crippen molar-refractivity contribution in [2.24, 2.45) is 4.99 Å². The minimum absolute atomic E-state index is 0.239. The molecular weight excluding hydrogens is 328 g/mol. The van der Waals surface area contributed by atoms with Crippen molar-refractivity contribution in [2.45, 2.75) is 65.6 Å². The van der Waals surface area contributed by atoms with Crippen LogP contribution < -0.4 is 10.1 Å². The van der Waals surface area contributed by atoms with Crippen LogP contribution >= 0.6 is 0 Å². The van der Waals surface area contributed by atoms with Gasteiger partial charge in [0, 0.05) is 18.6 Å². The van der Waals surface area contributed by atoms with Crippen molar-refractivity contribution >= 4 is 16.7 Å². The molecule has 2 N–H and O–H groups in total. The van der Waals surface area contributed by atoms with Crippen molar-refractivity contribution < 1.29 is 14.3 Å². The van der Waals surface area contributed by atoms with E-state index >= 15 is 0 Å². The summed E-state index contributed by atoms with van der Waals surface area (Å²) in [6.45, 7) is 11.2. The van der Waals surface area contributed by atoms with Gasteiger partial charge < -0.3 is 19.6 Å². The van der Waals surface area contributed by atoms with E-state index in [1.807, 2.05) is 31.2 Å². The molecule has 1 aromatic heterocycles. The second-order valence-electron chi connectivity index (χ2n) is 6.93. The van der Waals surface area contributed by atoms with Crippen LogP contribution in [0.5, 0.6) is 5.75 Å². The summed E-state index contributed by atoms with van der Waals surface area (Å²) in [5.41, 5.74) is 1.66. The van der Waals surface area contributed by atoms with E-state index in [1.165, 1.54) is 0 Å². The lowest BCUT2D eigenvalue weighted by Crippen LogP contribution is -2.36. The first kappa shape index (κ1) is 20.5. The number of ether oxygens (including phenoxy) is 1. The molecule has 144 valence electrons.